The molecule has 1 unspecified atom stereocenters. The zero-order valence-corrected chi connectivity index (χ0v) is 20.4. The molecule has 0 radical (unpaired) electrons. The largest absolute Gasteiger partial charge is 0.497 e. The minimum atomic E-state index is -0.474. The molecule has 0 spiro atoms. The van der Waals surface area contributed by atoms with Crippen LogP contribution in [0, 0.1) is 5.82 Å². The van der Waals surface area contributed by atoms with Gasteiger partial charge in [0.05, 0.1) is 26.1 Å². The number of nitrogens with one attached hydrogen (secondary N) is 2. The predicted octanol–water partition coefficient (Wildman–Crippen LogP) is 4.11. The van der Waals surface area contributed by atoms with Crippen LogP contribution in [-0.4, -0.2) is 42.8 Å². The summed E-state index contributed by atoms with van der Waals surface area (Å²) in [6, 6.07) is 22.0. The molecule has 0 heterocycles. The minimum absolute atomic E-state index is 0.133. The first-order valence-electron chi connectivity index (χ1n) is 11.7. The number of hydrogen-bond acceptors (Lipinski definition) is 4. The Labute approximate surface area is 210 Å². The van der Waals surface area contributed by atoms with Gasteiger partial charge in [-0.1, -0.05) is 49.4 Å². The summed E-state index contributed by atoms with van der Waals surface area (Å²) in [5.74, 6) is -1.25. The number of amides is 3. The van der Waals surface area contributed by atoms with Crippen molar-refractivity contribution in [3.05, 3.63) is 95.8 Å². The molecule has 3 amide bonds. The highest BCUT2D eigenvalue weighted by molar-refractivity contribution is 5.95. The van der Waals surface area contributed by atoms with Gasteiger partial charge in [-0.3, -0.25) is 14.4 Å². The van der Waals surface area contributed by atoms with Crippen LogP contribution in [0.4, 0.5) is 10.1 Å². The van der Waals surface area contributed by atoms with Gasteiger partial charge in [-0.05, 0) is 53.9 Å². The molecule has 0 saturated carbocycles. The third-order valence-corrected chi connectivity index (χ3v) is 5.66. The Morgan fingerprint density at radius 3 is 2.19 bits per heavy atom. The number of halogens is 1. The van der Waals surface area contributed by atoms with Crippen molar-refractivity contribution in [3.63, 3.8) is 0 Å². The van der Waals surface area contributed by atoms with E-state index >= 15 is 0 Å². The van der Waals surface area contributed by atoms with Crippen LogP contribution >= 0.6 is 0 Å². The van der Waals surface area contributed by atoms with E-state index in [1.165, 1.54) is 17.0 Å². The van der Waals surface area contributed by atoms with Gasteiger partial charge in [-0.2, -0.15) is 0 Å². The lowest BCUT2D eigenvalue weighted by Crippen LogP contribution is -2.44. The average molecular weight is 492 g/mol. The lowest BCUT2D eigenvalue weighted by Gasteiger charge is -2.27. The fourth-order valence-electron chi connectivity index (χ4n) is 3.77. The smallest absolute Gasteiger partial charge is 0.243 e. The van der Waals surface area contributed by atoms with Crippen molar-refractivity contribution in [2.75, 3.05) is 25.5 Å². The van der Waals surface area contributed by atoms with E-state index in [0.29, 0.717) is 23.4 Å². The maximum atomic E-state index is 13.5. The highest BCUT2D eigenvalue weighted by Crippen LogP contribution is 2.23. The first-order chi connectivity index (χ1) is 17.4. The molecule has 3 aromatic rings. The molecule has 188 valence electrons. The highest BCUT2D eigenvalue weighted by atomic mass is 19.1. The number of anilines is 1. The zero-order valence-electron chi connectivity index (χ0n) is 20.4. The second-order valence-electron chi connectivity index (χ2n) is 8.25. The summed E-state index contributed by atoms with van der Waals surface area (Å²) in [6.45, 7) is 1.55. The second-order valence-corrected chi connectivity index (χ2v) is 8.25. The van der Waals surface area contributed by atoms with Crippen LogP contribution in [0.15, 0.2) is 78.9 Å². The van der Waals surface area contributed by atoms with Gasteiger partial charge >= 0.3 is 0 Å². The van der Waals surface area contributed by atoms with Crippen molar-refractivity contribution in [2.24, 2.45) is 0 Å². The zero-order chi connectivity index (χ0) is 25.9. The summed E-state index contributed by atoms with van der Waals surface area (Å²) in [7, 11) is 1.55. The van der Waals surface area contributed by atoms with E-state index in [1.807, 2.05) is 37.3 Å². The summed E-state index contributed by atoms with van der Waals surface area (Å²) in [4.78, 5) is 39.9. The van der Waals surface area contributed by atoms with Crippen LogP contribution in [0.1, 0.15) is 30.4 Å². The quantitative estimate of drug-likeness (QED) is 0.423. The van der Waals surface area contributed by atoms with E-state index in [4.69, 9.17) is 4.74 Å². The topological polar surface area (TPSA) is 87.7 Å². The maximum Gasteiger partial charge on any atom is 0.243 e. The number of benzene rings is 3. The van der Waals surface area contributed by atoms with Gasteiger partial charge < -0.3 is 20.3 Å². The Morgan fingerprint density at radius 1 is 0.917 bits per heavy atom. The molecular weight excluding hydrogens is 461 g/mol. The Balaban J connectivity index is 1.66. The SMILES string of the molecule is CCC(C(=O)N(CC(=O)NCC(=O)Nc1ccc(OC)cc1)Cc1ccc(F)cc1)c1ccccc1. The molecule has 0 aliphatic rings. The van der Waals surface area contributed by atoms with Crippen LogP contribution in [-0.2, 0) is 20.9 Å². The summed E-state index contributed by atoms with van der Waals surface area (Å²) in [5, 5.41) is 5.27. The number of carbonyl (C=O) groups excluding carboxylic acids is 3. The molecule has 0 bridgehead atoms. The van der Waals surface area contributed by atoms with Crippen molar-refractivity contribution in [3.8, 4) is 5.75 Å². The number of methoxy groups -OCH3 is 1. The summed E-state index contributed by atoms with van der Waals surface area (Å²) < 4.78 is 18.5. The third-order valence-electron chi connectivity index (χ3n) is 5.66. The van der Waals surface area contributed by atoms with E-state index < -0.39 is 17.7 Å². The van der Waals surface area contributed by atoms with Gasteiger partial charge in [0.15, 0.2) is 0 Å². The molecule has 0 saturated heterocycles. The predicted molar refractivity (Wildman–Crippen MR) is 136 cm³/mol. The molecule has 0 aliphatic carbocycles. The van der Waals surface area contributed by atoms with Crippen LogP contribution in [0.5, 0.6) is 5.75 Å². The van der Waals surface area contributed by atoms with Gasteiger partial charge in [-0.25, -0.2) is 4.39 Å². The van der Waals surface area contributed by atoms with Crippen LogP contribution in [0.2, 0.25) is 0 Å². The molecule has 0 fully saturated rings. The van der Waals surface area contributed by atoms with Crippen molar-refractivity contribution in [1.82, 2.24) is 10.2 Å². The number of nitrogens with zero attached hydrogens (tertiary/aromatic N) is 1. The third kappa shape index (κ3) is 7.66. The number of ether oxygens (including phenoxy) is 1. The van der Waals surface area contributed by atoms with Crippen molar-refractivity contribution < 1.29 is 23.5 Å². The van der Waals surface area contributed by atoms with Gasteiger partial charge in [0.25, 0.3) is 0 Å². The van der Waals surface area contributed by atoms with Crippen LogP contribution in [0.3, 0.4) is 0 Å². The molecule has 3 rings (SSSR count). The van der Waals surface area contributed by atoms with E-state index in [0.717, 1.165) is 5.56 Å². The monoisotopic (exact) mass is 491 g/mol. The summed E-state index contributed by atoms with van der Waals surface area (Å²) in [5.41, 5.74) is 2.11. The van der Waals surface area contributed by atoms with Crippen molar-refractivity contribution >= 4 is 23.4 Å². The average Bonchev–Trinajstić information content (AvgIpc) is 2.90. The normalized spacial score (nSPS) is 11.3. The highest BCUT2D eigenvalue weighted by Gasteiger charge is 2.26. The molecule has 2 N–H and O–H groups in total. The van der Waals surface area contributed by atoms with Crippen LogP contribution in [0.25, 0.3) is 0 Å². The minimum Gasteiger partial charge on any atom is -0.497 e. The molecule has 8 heteroatoms. The second kappa shape index (κ2) is 13.0. The van der Waals surface area contributed by atoms with Gasteiger partial charge in [0.2, 0.25) is 17.7 Å². The molecule has 36 heavy (non-hydrogen) atoms. The number of hydrogen-bond donors (Lipinski definition) is 2. The fourth-order valence-corrected chi connectivity index (χ4v) is 3.77. The van der Waals surface area contributed by atoms with E-state index in [9.17, 15) is 18.8 Å². The Morgan fingerprint density at radius 2 is 1.58 bits per heavy atom. The Kier molecular flexibility index (Phi) is 9.56. The fraction of sp³-hybridized carbons (Fsp3) is 0.250. The van der Waals surface area contributed by atoms with Crippen LogP contribution < -0.4 is 15.4 Å². The van der Waals surface area contributed by atoms with Crippen molar-refractivity contribution in [1.29, 1.82) is 0 Å². The number of rotatable bonds is 11. The van der Waals surface area contributed by atoms with E-state index in [1.54, 1.807) is 43.5 Å². The molecular formula is C28H30FN3O4. The maximum absolute atomic E-state index is 13.5. The van der Waals surface area contributed by atoms with E-state index in [2.05, 4.69) is 10.6 Å². The Bertz CT molecular complexity index is 1150. The molecule has 0 aliphatic heterocycles. The summed E-state index contributed by atoms with van der Waals surface area (Å²) in [6.07, 6.45) is 0.550. The van der Waals surface area contributed by atoms with Crippen molar-refractivity contribution in [2.45, 2.75) is 25.8 Å². The molecule has 1 atom stereocenters. The number of carbonyl (C=O) groups is 3. The van der Waals surface area contributed by atoms with E-state index in [-0.39, 0.29) is 31.4 Å². The molecule has 3 aromatic carbocycles. The lowest BCUT2D eigenvalue weighted by atomic mass is 9.94. The summed E-state index contributed by atoms with van der Waals surface area (Å²) >= 11 is 0. The first kappa shape index (κ1) is 26.4. The first-order valence-corrected chi connectivity index (χ1v) is 11.7. The van der Waals surface area contributed by atoms with Gasteiger partial charge in [0, 0.05) is 12.2 Å². The molecule has 0 aromatic heterocycles. The Hall–Kier alpha value is -4.20. The molecule has 7 nitrogen and oxygen atoms in total. The lowest BCUT2D eigenvalue weighted by molar-refractivity contribution is -0.138. The van der Waals surface area contributed by atoms with Gasteiger partial charge in [0.1, 0.15) is 11.6 Å². The standard InChI is InChI=1S/C28H30FN3O4/c1-3-25(21-7-5-4-6-8-21)28(35)32(18-20-9-11-22(29)12-10-20)19-27(34)30-17-26(33)31-23-13-15-24(36-2)16-14-23/h4-16,25H,3,17-19H2,1-2H3,(H,30,34)(H,31,33). The van der Waals surface area contributed by atoms with Gasteiger partial charge in [-0.15, -0.1) is 0 Å².